The molecule has 0 aromatic heterocycles. The lowest BCUT2D eigenvalue weighted by molar-refractivity contribution is 0.0914. The van der Waals surface area contributed by atoms with Crippen molar-refractivity contribution < 1.29 is 14.3 Å². The van der Waals surface area contributed by atoms with Gasteiger partial charge in [0.05, 0.1) is 18.7 Å². The molecule has 2 rings (SSSR count). The number of ether oxygens (including phenoxy) is 2. The summed E-state index contributed by atoms with van der Waals surface area (Å²) in [5.74, 6) is 1.24. The van der Waals surface area contributed by atoms with Crippen LogP contribution in [0.5, 0.6) is 11.5 Å². The molecule has 0 aliphatic carbocycles. The lowest BCUT2D eigenvalue weighted by Crippen LogP contribution is -2.48. The molecule has 1 amide bonds. The number of hydrogen-bond acceptors (Lipinski definition) is 4. The van der Waals surface area contributed by atoms with Crippen molar-refractivity contribution in [1.82, 2.24) is 10.6 Å². The Morgan fingerprint density at radius 2 is 2.26 bits per heavy atom. The molecular weight excluding hydrogens is 316 g/mol. The van der Waals surface area contributed by atoms with E-state index in [0.717, 1.165) is 25.9 Å². The van der Waals surface area contributed by atoms with Gasteiger partial charge in [0.1, 0.15) is 0 Å². The molecule has 128 valence electrons. The second kappa shape index (κ2) is 8.41. The predicted molar refractivity (Wildman–Crippen MR) is 91.7 cm³/mol. The number of hydrogen-bond donors (Lipinski definition) is 2. The van der Waals surface area contributed by atoms with Crippen LogP contribution in [-0.4, -0.2) is 38.8 Å². The Kier molecular flexibility index (Phi) is 6.54. The summed E-state index contributed by atoms with van der Waals surface area (Å²) in [6.45, 7) is 6.53. The number of methoxy groups -OCH3 is 1. The molecule has 1 aromatic rings. The van der Waals surface area contributed by atoms with Crippen LogP contribution in [0.3, 0.4) is 0 Å². The number of halogens is 1. The lowest BCUT2D eigenvalue weighted by Gasteiger charge is -2.30. The van der Waals surface area contributed by atoms with Gasteiger partial charge in [-0.05, 0) is 44.0 Å². The topological polar surface area (TPSA) is 59.6 Å². The van der Waals surface area contributed by atoms with E-state index in [1.165, 1.54) is 0 Å². The zero-order valence-electron chi connectivity index (χ0n) is 13.9. The van der Waals surface area contributed by atoms with E-state index < -0.39 is 0 Å². The van der Waals surface area contributed by atoms with Crippen LogP contribution in [0, 0.1) is 5.92 Å². The summed E-state index contributed by atoms with van der Waals surface area (Å²) in [7, 11) is 1.54. The third-order valence-electron chi connectivity index (χ3n) is 4.04. The van der Waals surface area contributed by atoms with Gasteiger partial charge < -0.3 is 20.1 Å². The molecule has 0 spiro atoms. The Morgan fingerprint density at radius 1 is 1.48 bits per heavy atom. The van der Waals surface area contributed by atoms with Gasteiger partial charge in [-0.1, -0.05) is 25.4 Å². The first-order chi connectivity index (χ1) is 11.1. The van der Waals surface area contributed by atoms with Gasteiger partial charge in [0.25, 0.3) is 5.91 Å². The minimum absolute atomic E-state index is 0.133. The average Bonchev–Trinajstić information content (AvgIpc) is 2.55. The SMILES string of the molecule is CCCOc1c(Cl)cc(C(=O)NC2CCNCC2C)cc1OC. The Balaban J connectivity index is 2.15. The summed E-state index contributed by atoms with van der Waals surface area (Å²) < 4.78 is 10.9. The predicted octanol–water partition coefficient (Wildman–Crippen LogP) is 2.87. The van der Waals surface area contributed by atoms with Crippen molar-refractivity contribution >= 4 is 17.5 Å². The number of amides is 1. The Labute approximate surface area is 142 Å². The molecule has 1 saturated heterocycles. The first kappa shape index (κ1) is 17.9. The van der Waals surface area contributed by atoms with Crippen LogP contribution in [0.15, 0.2) is 12.1 Å². The fraction of sp³-hybridized carbons (Fsp3) is 0.588. The zero-order chi connectivity index (χ0) is 16.8. The molecule has 1 fully saturated rings. The van der Waals surface area contributed by atoms with Crippen molar-refractivity contribution in [3.8, 4) is 11.5 Å². The average molecular weight is 341 g/mol. The number of benzene rings is 1. The molecule has 1 aliphatic rings. The van der Waals surface area contributed by atoms with Crippen LogP contribution in [0.2, 0.25) is 5.02 Å². The van der Waals surface area contributed by atoms with Gasteiger partial charge in [-0.2, -0.15) is 0 Å². The molecule has 0 bridgehead atoms. The van der Waals surface area contributed by atoms with Gasteiger partial charge in [0.15, 0.2) is 11.5 Å². The van der Waals surface area contributed by atoms with E-state index in [1.54, 1.807) is 19.2 Å². The first-order valence-corrected chi connectivity index (χ1v) is 8.46. The molecule has 1 heterocycles. The van der Waals surface area contributed by atoms with E-state index in [4.69, 9.17) is 21.1 Å². The lowest BCUT2D eigenvalue weighted by atomic mass is 9.95. The Morgan fingerprint density at radius 3 is 2.91 bits per heavy atom. The van der Waals surface area contributed by atoms with Crippen molar-refractivity contribution in [2.75, 3.05) is 26.8 Å². The third-order valence-corrected chi connectivity index (χ3v) is 4.32. The highest BCUT2D eigenvalue weighted by atomic mass is 35.5. The summed E-state index contributed by atoms with van der Waals surface area (Å²) in [5.41, 5.74) is 0.487. The number of carbonyl (C=O) groups excluding carboxylic acids is 1. The second-order valence-electron chi connectivity index (χ2n) is 5.89. The van der Waals surface area contributed by atoms with Crippen molar-refractivity contribution in [3.05, 3.63) is 22.7 Å². The van der Waals surface area contributed by atoms with E-state index >= 15 is 0 Å². The van der Waals surface area contributed by atoms with Crippen LogP contribution in [-0.2, 0) is 0 Å². The maximum Gasteiger partial charge on any atom is 0.251 e. The quantitative estimate of drug-likeness (QED) is 0.836. The first-order valence-electron chi connectivity index (χ1n) is 8.08. The molecule has 2 unspecified atom stereocenters. The standard InChI is InChI=1S/C17H25ClN2O3/c1-4-7-23-16-13(18)8-12(9-15(16)22-3)17(21)20-14-5-6-19-10-11(14)2/h8-9,11,14,19H,4-7,10H2,1-3H3,(H,20,21). The summed E-state index contributed by atoms with van der Waals surface area (Å²) in [6, 6.07) is 3.48. The van der Waals surface area contributed by atoms with Gasteiger partial charge in [0.2, 0.25) is 0 Å². The number of nitrogens with one attached hydrogen (secondary N) is 2. The van der Waals surface area contributed by atoms with E-state index in [2.05, 4.69) is 17.6 Å². The van der Waals surface area contributed by atoms with E-state index in [1.807, 2.05) is 6.92 Å². The van der Waals surface area contributed by atoms with E-state index in [0.29, 0.717) is 34.6 Å². The van der Waals surface area contributed by atoms with Crippen molar-refractivity contribution in [2.24, 2.45) is 5.92 Å². The molecule has 5 nitrogen and oxygen atoms in total. The van der Waals surface area contributed by atoms with Gasteiger partial charge in [0, 0.05) is 11.6 Å². The highest BCUT2D eigenvalue weighted by molar-refractivity contribution is 6.32. The van der Waals surface area contributed by atoms with E-state index in [9.17, 15) is 4.79 Å². The number of carbonyl (C=O) groups is 1. The Hall–Kier alpha value is -1.46. The van der Waals surface area contributed by atoms with Gasteiger partial charge in [-0.15, -0.1) is 0 Å². The highest BCUT2D eigenvalue weighted by Crippen LogP contribution is 2.36. The highest BCUT2D eigenvalue weighted by Gasteiger charge is 2.24. The molecule has 6 heteroatoms. The maximum absolute atomic E-state index is 12.5. The number of rotatable bonds is 6. The molecular formula is C17H25ClN2O3. The fourth-order valence-corrected chi connectivity index (χ4v) is 2.94. The summed E-state index contributed by atoms with van der Waals surface area (Å²) in [5, 5.41) is 6.81. The summed E-state index contributed by atoms with van der Waals surface area (Å²) in [6.07, 6.45) is 1.80. The van der Waals surface area contributed by atoms with Crippen LogP contribution in [0.1, 0.15) is 37.0 Å². The van der Waals surface area contributed by atoms with Crippen LogP contribution < -0.4 is 20.1 Å². The normalized spacial score (nSPS) is 20.9. The number of piperidine rings is 1. The fourth-order valence-electron chi connectivity index (χ4n) is 2.68. The van der Waals surface area contributed by atoms with Crippen molar-refractivity contribution in [2.45, 2.75) is 32.7 Å². The van der Waals surface area contributed by atoms with Gasteiger partial charge in [-0.25, -0.2) is 0 Å². The van der Waals surface area contributed by atoms with Crippen LogP contribution >= 0.6 is 11.6 Å². The third kappa shape index (κ3) is 4.52. The maximum atomic E-state index is 12.5. The van der Waals surface area contributed by atoms with E-state index in [-0.39, 0.29) is 11.9 Å². The minimum Gasteiger partial charge on any atom is -0.493 e. The monoisotopic (exact) mass is 340 g/mol. The van der Waals surface area contributed by atoms with Gasteiger partial charge in [-0.3, -0.25) is 4.79 Å². The minimum atomic E-state index is -0.133. The molecule has 2 N–H and O–H groups in total. The zero-order valence-corrected chi connectivity index (χ0v) is 14.7. The van der Waals surface area contributed by atoms with Gasteiger partial charge >= 0.3 is 0 Å². The Bertz CT molecular complexity index is 551. The molecule has 0 radical (unpaired) electrons. The summed E-state index contributed by atoms with van der Waals surface area (Å²) in [4.78, 5) is 12.5. The molecule has 23 heavy (non-hydrogen) atoms. The van der Waals surface area contributed by atoms with Crippen LogP contribution in [0.25, 0.3) is 0 Å². The molecule has 2 atom stereocenters. The molecule has 0 saturated carbocycles. The molecule has 1 aromatic carbocycles. The van der Waals surface area contributed by atoms with Crippen molar-refractivity contribution in [3.63, 3.8) is 0 Å². The molecule has 1 aliphatic heterocycles. The largest absolute Gasteiger partial charge is 0.493 e. The summed E-state index contributed by atoms with van der Waals surface area (Å²) >= 11 is 6.27. The second-order valence-corrected chi connectivity index (χ2v) is 6.30. The van der Waals surface area contributed by atoms with Crippen molar-refractivity contribution in [1.29, 1.82) is 0 Å². The van der Waals surface area contributed by atoms with Crippen LogP contribution in [0.4, 0.5) is 0 Å². The smallest absolute Gasteiger partial charge is 0.251 e.